The summed E-state index contributed by atoms with van der Waals surface area (Å²) in [6, 6.07) is 4.57. The average Bonchev–Trinajstić information content (AvgIpc) is 3.17. The highest BCUT2D eigenvalue weighted by molar-refractivity contribution is 6.26. The Kier molecular flexibility index (Phi) is 3.63. The van der Waals surface area contributed by atoms with Crippen molar-refractivity contribution in [1.82, 2.24) is 15.1 Å². The lowest BCUT2D eigenvalue weighted by Crippen LogP contribution is -2.48. The molecule has 2 aliphatic rings. The van der Waals surface area contributed by atoms with E-state index in [1.54, 1.807) is 6.20 Å². The zero-order valence-electron chi connectivity index (χ0n) is 11.4. The number of anilines is 1. The molecule has 104 valence electrons. The Hall–Kier alpha value is -0.870. The third-order valence-electron chi connectivity index (χ3n) is 4.23. The van der Waals surface area contributed by atoms with Crippen molar-refractivity contribution in [2.75, 3.05) is 31.6 Å². The number of rotatable bonds is 4. The third-order valence-corrected chi connectivity index (χ3v) is 4.72. The minimum atomic E-state index is 0.0730. The van der Waals surface area contributed by atoms with E-state index >= 15 is 0 Å². The molecule has 1 saturated carbocycles. The molecule has 1 saturated heterocycles. The first-order valence-corrected chi connectivity index (χ1v) is 7.46. The van der Waals surface area contributed by atoms with E-state index in [1.165, 1.54) is 25.7 Å². The van der Waals surface area contributed by atoms with Gasteiger partial charge in [-0.15, -0.1) is 16.7 Å². The molecule has 1 unspecified atom stereocenters. The van der Waals surface area contributed by atoms with Gasteiger partial charge in [0.15, 0.2) is 5.82 Å². The minimum Gasteiger partial charge on any atom is -0.354 e. The largest absolute Gasteiger partial charge is 0.354 e. The second kappa shape index (κ2) is 5.25. The summed E-state index contributed by atoms with van der Waals surface area (Å²) in [5.41, 5.74) is 0. The quantitative estimate of drug-likeness (QED) is 0.791. The fourth-order valence-corrected chi connectivity index (χ4v) is 3.14. The molecule has 0 radical (unpaired) electrons. The van der Waals surface area contributed by atoms with Crippen LogP contribution in [0.4, 0.5) is 5.82 Å². The number of hydrogen-bond donors (Lipinski definition) is 0. The highest BCUT2D eigenvalue weighted by Crippen LogP contribution is 2.43. The number of hydrogen-bond acceptors (Lipinski definition) is 4. The maximum absolute atomic E-state index is 6.43. The van der Waals surface area contributed by atoms with E-state index in [9.17, 15) is 0 Å². The number of aromatic nitrogens is 2. The lowest BCUT2D eigenvalue weighted by atomic mass is 10.0. The van der Waals surface area contributed by atoms with Crippen molar-refractivity contribution in [1.29, 1.82) is 0 Å². The van der Waals surface area contributed by atoms with E-state index in [0.717, 1.165) is 25.5 Å². The Morgan fingerprint density at radius 1 is 1.53 bits per heavy atom. The van der Waals surface area contributed by atoms with Crippen LogP contribution >= 0.6 is 11.6 Å². The van der Waals surface area contributed by atoms with Crippen LogP contribution in [-0.4, -0.2) is 52.7 Å². The summed E-state index contributed by atoms with van der Waals surface area (Å²) in [4.78, 5) is 4.84. The Bertz CT molecular complexity index is 421. The van der Waals surface area contributed by atoms with Crippen LogP contribution in [0.3, 0.4) is 0 Å². The number of likely N-dealkylation sites (N-methyl/N-ethyl adjacent to an activating group) is 1. The zero-order valence-corrected chi connectivity index (χ0v) is 12.2. The molecule has 0 amide bonds. The summed E-state index contributed by atoms with van der Waals surface area (Å²) in [6.45, 7) is 3.12. The van der Waals surface area contributed by atoms with Crippen molar-refractivity contribution in [2.45, 2.75) is 36.6 Å². The SMILES string of the molecule is CN(CC1(Cl)CC1)C1CCCN(c2cccnn2)C1. The normalized spacial score (nSPS) is 25.6. The van der Waals surface area contributed by atoms with Gasteiger partial charge in [0.25, 0.3) is 0 Å². The van der Waals surface area contributed by atoms with Crippen molar-refractivity contribution >= 4 is 17.4 Å². The Balaban J connectivity index is 1.61. The van der Waals surface area contributed by atoms with Crippen molar-refractivity contribution in [3.8, 4) is 0 Å². The number of piperidine rings is 1. The third kappa shape index (κ3) is 3.18. The highest BCUT2D eigenvalue weighted by Gasteiger charge is 2.42. The molecule has 2 fully saturated rings. The molecule has 1 aromatic rings. The molecule has 2 heterocycles. The molecule has 1 aromatic heterocycles. The molecule has 4 nitrogen and oxygen atoms in total. The molecular weight excluding hydrogens is 260 g/mol. The molecular formula is C14H21ClN4. The summed E-state index contributed by atoms with van der Waals surface area (Å²) in [7, 11) is 2.20. The van der Waals surface area contributed by atoms with Crippen LogP contribution in [0.25, 0.3) is 0 Å². The maximum atomic E-state index is 6.43. The van der Waals surface area contributed by atoms with Crippen molar-refractivity contribution in [3.05, 3.63) is 18.3 Å². The Labute approximate surface area is 119 Å². The summed E-state index contributed by atoms with van der Waals surface area (Å²) in [6.07, 6.45) is 6.52. The van der Waals surface area contributed by atoms with Gasteiger partial charge in [-0.05, 0) is 44.9 Å². The van der Waals surface area contributed by atoms with Gasteiger partial charge in [0, 0.05) is 31.9 Å². The van der Waals surface area contributed by atoms with E-state index in [1.807, 2.05) is 12.1 Å². The average molecular weight is 281 g/mol. The molecule has 0 aromatic carbocycles. The van der Waals surface area contributed by atoms with Gasteiger partial charge in [0.2, 0.25) is 0 Å². The topological polar surface area (TPSA) is 32.3 Å². The molecule has 1 aliphatic carbocycles. The lowest BCUT2D eigenvalue weighted by molar-refractivity contribution is 0.211. The van der Waals surface area contributed by atoms with Crippen LogP contribution in [-0.2, 0) is 0 Å². The number of alkyl halides is 1. The van der Waals surface area contributed by atoms with Gasteiger partial charge in [-0.1, -0.05) is 0 Å². The molecule has 0 N–H and O–H groups in total. The number of nitrogens with zero attached hydrogens (tertiary/aromatic N) is 4. The van der Waals surface area contributed by atoms with E-state index in [-0.39, 0.29) is 4.87 Å². The van der Waals surface area contributed by atoms with E-state index < -0.39 is 0 Å². The molecule has 5 heteroatoms. The van der Waals surface area contributed by atoms with Gasteiger partial charge in [0.05, 0.1) is 4.87 Å². The van der Waals surface area contributed by atoms with Gasteiger partial charge in [-0.3, -0.25) is 4.90 Å². The van der Waals surface area contributed by atoms with Crippen molar-refractivity contribution in [3.63, 3.8) is 0 Å². The van der Waals surface area contributed by atoms with Gasteiger partial charge < -0.3 is 4.90 Å². The van der Waals surface area contributed by atoms with E-state index in [0.29, 0.717) is 6.04 Å². The minimum absolute atomic E-state index is 0.0730. The lowest BCUT2D eigenvalue weighted by Gasteiger charge is -2.38. The predicted octanol–water partition coefficient (Wildman–Crippen LogP) is 2.15. The van der Waals surface area contributed by atoms with Crippen LogP contribution in [0.1, 0.15) is 25.7 Å². The summed E-state index contributed by atoms with van der Waals surface area (Å²) >= 11 is 6.43. The fourth-order valence-electron chi connectivity index (χ4n) is 2.85. The molecule has 19 heavy (non-hydrogen) atoms. The summed E-state index contributed by atoms with van der Waals surface area (Å²) in [5, 5.41) is 8.19. The van der Waals surface area contributed by atoms with E-state index in [4.69, 9.17) is 11.6 Å². The Morgan fingerprint density at radius 2 is 2.37 bits per heavy atom. The van der Waals surface area contributed by atoms with Crippen LogP contribution in [0, 0.1) is 0 Å². The second-order valence-corrected chi connectivity index (χ2v) is 6.69. The van der Waals surface area contributed by atoms with Gasteiger partial charge >= 0.3 is 0 Å². The maximum Gasteiger partial charge on any atom is 0.151 e. The first-order chi connectivity index (χ1) is 9.16. The van der Waals surface area contributed by atoms with Gasteiger partial charge in [-0.2, -0.15) is 5.10 Å². The highest BCUT2D eigenvalue weighted by atomic mass is 35.5. The Morgan fingerprint density at radius 3 is 3.05 bits per heavy atom. The molecule has 1 aliphatic heterocycles. The van der Waals surface area contributed by atoms with E-state index in [2.05, 4.69) is 27.0 Å². The fraction of sp³-hybridized carbons (Fsp3) is 0.714. The van der Waals surface area contributed by atoms with Crippen molar-refractivity contribution < 1.29 is 0 Å². The first kappa shape index (κ1) is 13.1. The standard InChI is InChI=1S/C14H21ClN4/c1-18(11-14(15)6-7-14)12-4-3-9-19(10-12)13-5-2-8-16-17-13/h2,5,8,12H,3-4,6-7,9-11H2,1H3. The van der Waals surface area contributed by atoms with Crippen LogP contribution < -0.4 is 4.90 Å². The van der Waals surface area contributed by atoms with Crippen LogP contribution in [0.5, 0.6) is 0 Å². The van der Waals surface area contributed by atoms with Crippen LogP contribution in [0.2, 0.25) is 0 Å². The molecule has 1 atom stereocenters. The first-order valence-electron chi connectivity index (χ1n) is 7.08. The van der Waals surface area contributed by atoms with Crippen LogP contribution in [0.15, 0.2) is 18.3 Å². The van der Waals surface area contributed by atoms with Gasteiger partial charge in [0.1, 0.15) is 0 Å². The summed E-state index contributed by atoms with van der Waals surface area (Å²) in [5.74, 6) is 0.993. The molecule has 0 bridgehead atoms. The van der Waals surface area contributed by atoms with Crippen molar-refractivity contribution in [2.24, 2.45) is 0 Å². The second-order valence-electron chi connectivity index (χ2n) is 5.89. The smallest absolute Gasteiger partial charge is 0.151 e. The monoisotopic (exact) mass is 280 g/mol. The molecule has 0 spiro atoms. The zero-order chi connectivity index (χ0) is 13.3. The predicted molar refractivity (Wildman–Crippen MR) is 77.7 cm³/mol. The van der Waals surface area contributed by atoms with Gasteiger partial charge in [-0.25, -0.2) is 0 Å². The number of halogens is 1. The molecule has 3 rings (SSSR count). The summed E-state index contributed by atoms with van der Waals surface area (Å²) < 4.78 is 0.